The first-order chi connectivity index (χ1) is 6.74. The summed E-state index contributed by atoms with van der Waals surface area (Å²) in [6.07, 6.45) is 3.82. The zero-order valence-corrected chi connectivity index (χ0v) is 7.77. The summed E-state index contributed by atoms with van der Waals surface area (Å²) < 4.78 is 0. The Bertz CT molecular complexity index is 332. The third-order valence-corrected chi connectivity index (χ3v) is 1.46. The summed E-state index contributed by atoms with van der Waals surface area (Å²) >= 11 is 0. The number of hydrazone groups is 1. The van der Waals surface area contributed by atoms with Crippen LogP contribution < -0.4 is 5.43 Å². The average Bonchev–Trinajstić information content (AvgIpc) is 2.19. The Morgan fingerprint density at radius 3 is 3.00 bits per heavy atom. The van der Waals surface area contributed by atoms with Gasteiger partial charge < -0.3 is 5.11 Å². The Balaban J connectivity index is 2.64. The predicted molar refractivity (Wildman–Crippen MR) is 53.6 cm³/mol. The molecule has 0 aromatic carbocycles. The van der Waals surface area contributed by atoms with Gasteiger partial charge in [-0.2, -0.15) is 5.10 Å². The van der Waals surface area contributed by atoms with Gasteiger partial charge >= 0.3 is 5.97 Å². The van der Waals surface area contributed by atoms with Crippen molar-refractivity contribution in [2.45, 2.75) is 13.3 Å². The number of hydrogen-bond donors (Lipinski definition) is 2. The first kappa shape index (κ1) is 10.2. The number of carbonyl (C=O) groups is 1. The van der Waals surface area contributed by atoms with Crippen LogP contribution >= 0.6 is 0 Å². The van der Waals surface area contributed by atoms with E-state index in [1.165, 1.54) is 12.3 Å². The molecule has 1 heterocycles. The number of hydrogen-bond acceptors (Lipinski definition) is 4. The molecule has 2 N–H and O–H groups in total. The zero-order chi connectivity index (χ0) is 10.4. The molecule has 1 aromatic heterocycles. The number of carboxylic acid groups (broad SMARTS) is 1. The SMILES string of the molecule is CCC=NNc1ccc(C(=O)O)cn1. The molecule has 74 valence electrons. The number of anilines is 1. The van der Waals surface area contributed by atoms with Gasteiger partial charge in [-0.25, -0.2) is 9.78 Å². The van der Waals surface area contributed by atoms with Gasteiger partial charge in [0.25, 0.3) is 0 Å². The quantitative estimate of drug-likeness (QED) is 0.562. The molecule has 0 spiro atoms. The van der Waals surface area contributed by atoms with Crippen molar-refractivity contribution in [2.75, 3.05) is 5.43 Å². The predicted octanol–water partition coefficient (Wildman–Crippen LogP) is 1.59. The molecular weight excluding hydrogens is 182 g/mol. The fourth-order valence-corrected chi connectivity index (χ4v) is 0.790. The molecule has 1 aromatic rings. The standard InChI is InChI=1S/C9H11N3O2/c1-2-5-11-12-8-4-3-7(6-10-8)9(13)14/h3-6H,2H2,1H3,(H,10,12)(H,13,14). The molecule has 0 aliphatic carbocycles. The van der Waals surface area contributed by atoms with Crippen LogP contribution in [0.15, 0.2) is 23.4 Å². The lowest BCUT2D eigenvalue weighted by atomic mass is 10.3. The van der Waals surface area contributed by atoms with Gasteiger partial charge in [0.1, 0.15) is 5.82 Å². The maximum Gasteiger partial charge on any atom is 0.337 e. The van der Waals surface area contributed by atoms with Crippen molar-refractivity contribution < 1.29 is 9.90 Å². The van der Waals surface area contributed by atoms with E-state index in [1.54, 1.807) is 12.3 Å². The number of nitrogens with one attached hydrogen (secondary N) is 1. The summed E-state index contributed by atoms with van der Waals surface area (Å²) in [5.41, 5.74) is 2.84. The Labute approximate surface area is 81.5 Å². The molecule has 0 atom stereocenters. The molecule has 5 heteroatoms. The summed E-state index contributed by atoms with van der Waals surface area (Å²) in [5.74, 6) is -0.458. The molecule has 14 heavy (non-hydrogen) atoms. The van der Waals surface area contributed by atoms with E-state index in [1.807, 2.05) is 6.92 Å². The second kappa shape index (κ2) is 4.96. The van der Waals surface area contributed by atoms with Crippen molar-refractivity contribution in [3.05, 3.63) is 23.9 Å². The van der Waals surface area contributed by atoms with Crippen molar-refractivity contribution in [1.29, 1.82) is 0 Å². The molecule has 0 aliphatic heterocycles. The second-order valence-electron chi connectivity index (χ2n) is 2.57. The van der Waals surface area contributed by atoms with E-state index in [0.717, 1.165) is 6.42 Å². The molecule has 0 amide bonds. The van der Waals surface area contributed by atoms with Crippen LogP contribution in [-0.4, -0.2) is 22.3 Å². The molecule has 5 nitrogen and oxygen atoms in total. The molecule has 0 saturated heterocycles. The number of nitrogens with zero attached hydrogens (tertiary/aromatic N) is 2. The van der Waals surface area contributed by atoms with E-state index in [9.17, 15) is 4.79 Å². The molecule has 0 bridgehead atoms. The fraction of sp³-hybridized carbons (Fsp3) is 0.222. The molecule has 0 unspecified atom stereocenters. The summed E-state index contributed by atoms with van der Waals surface area (Å²) in [4.78, 5) is 14.3. The monoisotopic (exact) mass is 193 g/mol. The van der Waals surface area contributed by atoms with E-state index < -0.39 is 5.97 Å². The van der Waals surface area contributed by atoms with E-state index in [-0.39, 0.29) is 5.56 Å². The summed E-state index contributed by atoms with van der Waals surface area (Å²) in [5, 5.41) is 12.4. The van der Waals surface area contributed by atoms with Gasteiger partial charge in [-0.15, -0.1) is 0 Å². The molecule has 0 saturated carbocycles. The van der Waals surface area contributed by atoms with E-state index in [2.05, 4.69) is 15.5 Å². The highest BCUT2D eigenvalue weighted by molar-refractivity contribution is 5.87. The number of aromatic carboxylic acids is 1. The van der Waals surface area contributed by atoms with Crippen molar-refractivity contribution in [1.82, 2.24) is 4.98 Å². The second-order valence-corrected chi connectivity index (χ2v) is 2.57. The highest BCUT2D eigenvalue weighted by atomic mass is 16.4. The van der Waals surface area contributed by atoms with Gasteiger partial charge in [0, 0.05) is 12.4 Å². The van der Waals surface area contributed by atoms with E-state index >= 15 is 0 Å². The van der Waals surface area contributed by atoms with Crippen LogP contribution in [0.4, 0.5) is 5.82 Å². The topological polar surface area (TPSA) is 74.6 Å². The van der Waals surface area contributed by atoms with Gasteiger partial charge in [-0.3, -0.25) is 5.43 Å². The van der Waals surface area contributed by atoms with Crippen molar-refractivity contribution >= 4 is 18.0 Å². The van der Waals surface area contributed by atoms with E-state index in [0.29, 0.717) is 5.82 Å². The average molecular weight is 193 g/mol. The zero-order valence-electron chi connectivity index (χ0n) is 7.77. The Kier molecular flexibility index (Phi) is 3.60. The molecule has 0 radical (unpaired) electrons. The number of carboxylic acids is 1. The minimum atomic E-state index is -0.985. The largest absolute Gasteiger partial charge is 0.478 e. The van der Waals surface area contributed by atoms with Crippen molar-refractivity contribution in [2.24, 2.45) is 5.10 Å². The maximum absolute atomic E-state index is 10.5. The van der Waals surface area contributed by atoms with Gasteiger partial charge in [0.2, 0.25) is 0 Å². The van der Waals surface area contributed by atoms with Crippen LogP contribution in [0.5, 0.6) is 0 Å². The lowest BCUT2D eigenvalue weighted by Crippen LogP contribution is -1.98. The normalized spacial score (nSPS) is 10.4. The van der Waals surface area contributed by atoms with Gasteiger partial charge in [-0.05, 0) is 18.6 Å². The Morgan fingerprint density at radius 2 is 2.50 bits per heavy atom. The summed E-state index contributed by atoms with van der Waals surface area (Å²) in [6, 6.07) is 3.04. The highest BCUT2D eigenvalue weighted by Crippen LogP contribution is 2.04. The minimum Gasteiger partial charge on any atom is -0.478 e. The van der Waals surface area contributed by atoms with Crippen LogP contribution in [0.25, 0.3) is 0 Å². The lowest BCUT2D eigenvalue weighted by Gasteiger charge is -1.98. The number of aromatic nitrogens is 1. The van der Waals surface area contributed by atoms with Crippen molar-refractivity contribution in [3.8, 4) is 0 Å². The van der Waals surface area contributed by atoms with Crippen LogP contribution in [-0.2, 0) is 0 Å². The number of pyridine rings is 1. The summed E-state index contributed by atoms with van der Waals surface area (Å²) in [7, 11) is 0. The first-order valence-electron chi connectivity index (χ1n) is 4.21. The summed E-state index contributed by atoms with van der Waals surface area (Å²) in [6.45, 7) is 1.96. The third-order valence-electron chi connectivity index (χ3n) is 1.46. The van der Waals surface area contributed by atoms with Crippen LogP contribution in [0.3, 0.4) is 0 Å². The Hall–Kier alpha value is -1.91. The first-order valence-corrected chi connectivity index (χ1v) is 4.21. The molecule has 0 aliphatic rings. The smallest absolute Gasteiger partial charge is 0.337 e. The van der Waals surface area contributed by atoms with Gasteiger partial charge in [-0.1, -0.05) is 6.92 Å². The van der Waals surface area contributed by atoms with E-state index in [4.69, 9.17) is 5.11 Å². The molecule has 0 fully saturated rings. The van der Waals surface area contributed by atoms with Crippen molar-refractivity contribution in [3.63, 3.8) is 0 Å². The van der Waals surface area contributed by atoms with Crippen LogP contribution in [0.1, 0.15) is 23.7 Å². The highest BCUT2D eigenvalue weighted by Gasteiger charge is 2.01. The maximum atomic E-state index is 10.5. The number of rotatable bonds is 4. The minimum absolute atomic E-state index is 0.162. The Morgan fingerprint density at radius 1 is 1.71 bits per heavy atom. The third kappa shape index (κ3) is 2.85. The van der Waals surface area contributed by atoms with Gasteiger partial charge in [0.05, 0.1) is 5.56 Å². The molecule has 1 rings (SSSR count). The van der Waals surface area contributed by atoms with Crippen LogP contribution in [0, 0.1) is 0 Å². The molecular formula is C9H11N3O2. The van der Waals surface area contributed by atoms with Crippen LogP contribution in [0.2, 0.25) is 0 Å². The van der Waals surface area contributed by atoms with Gasteiger partial charge in [0.15, 0.2) is 0 Å². The fourth-order valence-electron chi connectivity index (χ4n) is 0.790. The lowest BCUT2D eigenvalue weighted by molar-refractivity contribution is 0.0696.